The second-order valence-corrected chi connectivity index (χ2v) is 5.94. The third kappa shape index (κ3) is 4.47. The summed E-state index contributed by atoms with van der Waals surface area (Å²) < 4.78 is 18.4. The van der Waals surface area contributed by atoms with Crippen LogP contribution in [0.1, 0.15) is 39.9 Å². The van der Waals surface area contributed by atoms with Gasteiger partial charge >= 0.3 is 0 Å². The number of carbonyl (C=O) groups excluding carboxylic acids is 2. The van der Waals surface area contributed by atoms with Gasteiger partial charge in [-0.1, -0.05) is 12.1 Å². The van der Waals surface area contributed by atoms with Crippen LogP contribution >= 0.6 is 0 Å². The van der Waals surface area contributed by atoms with Crippen LogP contribution < -0.4 is 5.32 Å². The number of aryl methyl sites for hydroxylation is 2. The topological polar surface area (TPSA) is 62.6 Å². The molecular formula is C19H23FN2O3. The molecule has 2 amide bonds. The van der Waals surface area contributed by atoms with Gasteiger partial charge in [0.2, 0.25) is 5.91 Å². The van der Waals surface area contributed by atoms with E-state index in [0.29, 0.717) is 23.6 Å². The predicted molar refractivity (Wildman–Crippen MR) is 92.7 cm³/mol. The van der Waals surface area contributed by atoms with Crippen molar-refractivity contribution < 1.29 is 18.4 Å². The molecule has 0 aliphatic rings. The average molecular weight is 346 g/mol. The zero-order valence-electron chi connectivity index (χ0n) is 15.0. The van der Waals surface area contributed by atoms with Crippen molar-refractivity contribution in [2.24, 2.45) is 0 Å². The van der Waals surface area contributed by atoms with Crippen molar-refractivity contribution in [3.8, 4) is 0 Å². The van der Waals surface area contributed by atoms with Crippen LogP contribution in [0.25, 0.3) is 0 Å². The third-order valence-corrected chi connectivity index (χ3v) is 4.18. The van der Waals surface area contributed by atoms with Gasteiger partial charge in [0.25, 0.3) is 5.91 Å². The minimum absolute atomic E-state index is 0.0420. The Morgan fingerprint density at radius 1 is 1.12 bits per heavy atom. The highest BCUT2D eigenvalue weighted by Gasteiger charge is 2.24. The molecule has 1 aromatic carbocycles. The molecule has 0 radical (unpaired) electrons. The van der Waals surface area contributed by atoms with Gasteiger partial charge in [0.05, 0.1) is 12.1 Å². The van der Waals surface area contributed by atoms with E-state index in [-0.39, 0.29) is 30.7 Å². The van der Waals surface area contributed by atoms with Gasteiger partial charge in [0.15, 0.2) is 0 Å². The van der Waals surface area contributed by atoms with Crippen LogP contribution in [-0.2, 0) is 11.3 Å². The van der Waals surface area contributed by atoms with Crippen molar-refractivity contribution in [1.29, 1.82) is 0 Å². The van der Waals surface area contributed by atoms with Crippen LogP contribution in [0.2, 0.25) is 0 Å². The highest BCUT2D eigenvalue weighted by atomic mass is 19.1. The fourth-order valence-electron chi connectivity index (χ4n) is 2.63. The number of rotatable bonds is 6. The summed E-state index contributed by atoms with van der Waals surface area (Å²) in [5, 5.41) is 2.75. The summed E-state index contributed by atoms with van der Waals surface area (Å²) in [7, 11) is 0. The van der Waals surface area contributed by atoms with E-state index in [1.165, 1.54) is 17.0 Å². The van der Waals surface area contributed by atoms with Crippen LogP contribution in [0.15, 0.2) is 28.7 Å². The molecular weight excluding hydrogens is 323 g/mol. The van der Waals surface area contributed by atoms with E-state index >= 15 is 0 Å². The quantitative estimate of drug-likeness (QED) is 0.874. The summed E-state index contributed by atoms with van der Waals surface area (Å²) in [6.45, 7) is 7.87. The number of halogens is 1. The molecule has 2 aromatic rings. The number of nitrogens with zero attached hydrogens (tertiary/aromatic N) is 1. The summed E-state index contributed by atoms with van der Waals surface area (Å²) in [4.78, 5) is 26.4. The lowest BCUT2D eigenvalue weighted by molar-refractivity contribution is -0.121. The number of hydrogen-bond donors (Lipinski definition) is 1. The molecule has 0 unspecified atom stereocenters. The molecule has 5 nitrogen and oxygen atoms in total. The van der Waals surface area contributed by atoms with Crippen molar-refractivity contribution in [3.05, 3.63) is 58.3 Å². The second kappa shape index (κ2) is 7.96. The summed E-state index contributed by atoms with van der Waals surface area (Å²) in [5.74, 6) is 0.461. The zero-order chi connectivity index (χ0) is 18.6. The van der Waals surface area contributed by atoms with E-state index in [2.05, 4.69) is 5.32 Å². The first kappa shape index (κ1) is 18.7. The SMILES string of the molecule is CCN(CC(=O)NCc1ccc(F)cc1)C(=O)c1c(C)oc(C)c1C. The van der Waals surface area contributed by atoms with E-state index in [4.69, 9.17) is 4.42 Å². The molecule has 0 saturated carbocycles. The highest BCUT2D eigenvalue weighted by molar-refractivity contribution is 5.98. The van der Waals surface area contributed by atoms with E-state index in [1.54, 1.807) is 19.1 Å². The summed E-state index contributed by atoms with van der Waals surface area (Å²) in [5.41, 5.74) is 2.11. The maximum Gasteiger partial charge on any atom is 0.258 e. The Labute approximate surface area is 146 Å². The fourth-order valence-corrected chi connectivity index (χ4v) is 2.63. The van der Waals surface area contributed by atoms with Crippen molar-refractivity contribution >= 4 is 11.8 Å². The number of nitrogens with one attached hydrogen (secondary N) is 1. The van der Waals surface area contributed by atoms with Crippen LogP contribution in [0.3, 0.4) is 0 Å². The van der Waals surface area contributed by atoms with Crippen molar-refractivity contribution in [2.75, 3.05) is 13.1 Å². The number of furan rings is 1. The van der Waals surface area contributed by atoms with Crippen molar-refractivity contribution in [2.45, 2.75) is 34.2 Å². The minimum atomic E-state index is -0.320. The largest absolute Gasteiger partial charge is 0.466 e. The highest BCUT2D eigenvalue weighted by Crippen LogP contribution is 2.22. The summed E-state index contributed by atoms with van der Waals surface area (Å²) in [6, 6.07) is 5.91. The van der Waals surface area contributed by atoms with E-state index in [9.17, 15) is 14.0 Å². The van der Waals surface area contributed by atoms with E-state index in [0.717, 1.165) is 11.1 Å². The summed E-state index contributed by atoms with van der Waals surface area (Å²) >= 11 is 0. The van der Waals surface area contributed by atoms with Gasteiger partial charge < -0.3 is 14.6 Å². The Hall–Kier alpha value is -2.63. The van der Waals surface area contributed by atoms with Crippen LogP contribution in [0.5, 0.6) is 0 Å². The Morgan fingerprint density at radius 3 is 2.28 bits per heavy atom. The second-order valence-electron chi connectivity index (χ2n) is 5.94. The van der Waals surface area contributed by atoms with Crippen LogP contribution in [0.4, 0.5) is 4.39 Å². The molecule has 0 spiro atoms. The normalized spacial score (nSPS) is 10.6. The maximum absolute atomic E-state index is 12.9. The molecule has 1 N–H and O–H groups in total. The molecule has 6 heteroatoms. The fraction of sp³-hybridized carbons (Fsp3) is 0.368. The van der Waals surface area contributed by atoms with Gasteiger partial charge in [-0.05, 0) is 45.4 Å². The molecule has 0 aliphatic heterocycles. The Morgan fingerprint density at radius 2 is 1.76 bits per heavy atom. The van der Waals surface area contributed by atoms with Crippen molar-refractivity contribution in [1.82, 2.24) is 10.2 Å². The summed E-state index contributed by atoms with van der Waals surface area (Å²) in [6.07, 6.45) is 0. The maximum atomic E-state index is 12.9. The Bertz CT molecular complexity index is 766. The molecule has 25 heavy (non-hydrogen) atoms. The lowest BCUT2D eigenvalue weighted by Crippen LogP contribution is -2.40. The Kier molecular flexibility index (Phi) is 5.96. The first-order valence-electron chi connectivity index (χ1n) is 8.20. The molecule has 1 heterocycles. The molecule has 1 aromatic heterocycles. The molecule has 134 valence electrons. The lowest BCUT2D eigenvalue weighted by atomic mass is 10.1. The Balaban J connectivity index is 1.99. The number of likely N-dealkylation sites (N-methyl/N-ethyl adjacent to an activating group) is 1. The van der Waals surface area contributed by atoms with E-state index < -0.39 is 0 Å². The number of hydrogen-bond acceptors (Lipinski definition) is 3. The first-order chi connectivity index (χ1) is 11.8. The minimum Gasteiger partial charge on any atom is -0.466 e. The molecule has 0 aliphatic carbocycles. The average Bonchev–Trinajstić information content (AvgIpc) is 2.84. The predicted octanol–water partition coefficient (Wildman–Crippen LogP) is 3.12. The molecule has 0 saturated heterocycles. The zero-order valence-corrected chi connectivity index (χ0v) is 15.0. The lowest BCUT2D eigenvalue weighted by Gasteiger charge is -2.20. The third-order valence-electron chi connectivity index (χ3n) is 4.18. The number of carbonyl (C=O) groups is 2. The van der Waals surface area contributed by atoms with Gasteiger partial charge in [-0.15, -0.1) is 0 Å². The van der Waals surface area contributed by atoms with Crippen LogP contribution in [0, 0.1) is 26.6 Å². The standard InChI is InChI=1S/C19H23FN2O3/c1-5-22(19(24)18-12(2)13(3)25-14(18)4)11-17(23)21-10-15-6-8-16(20)9-7-15/h6-9H,5,10-11H2,1-4H3,(H,21,23). The molecule has 0 fully saturated rings. The van der Waals surface area contributed by atoms with Crippen LogP contribution in [-0.4, -0.2) is 29.8 Å². The van der Waals surface area contributed by atoms with Gasteiger partial charge in [-0.25, -0.2) is 4.39 Å². The smallest absolute Gasteiger partial charge is 0.258 e. The molecule has 0 bridgehead atoms. The van der Waals surface area contributed by atoms with E-state index in [1.807, 2.05) is 20.8 Å². The van der Waals surface area contributed by atoms with Gasteiger partial charge in [-0.2, -0.15) is 0 Å². The number of benzene rings is 1. The monoisotopic (exact) mass is 346 g/mol. The first-order valence-corrected chi connectivity index (χ1v) is 8.20. The molecule has 0 atom stereocenters. The van der Waals surface area contributed by atoms with Gasteiger partial charge in [0, 0.05) is 18.7 Å². The van der Waals surface area contributed by atoms with Crippen molar-refractivity contribution in [3.63, 3.8) is 0 Å². The van der Waals surface area contributed by atoms with Gasteiger partial charge in [-0.3, -0.25) is 9.59 Å². The van der Waals surface area contributed by atoms with Gasteiger partial charge in [0.1, 0.15) is 17.3 Å². The molecule has 2 rings (SSSR count). The number of amides is 2.